The molecule has 242 valence electrons. The van der Waals surface area contributed by atoms with Crippen LogP contribution in [0.2, 0.25) is 0 Å². The van der Waals surface area contributed by atoms with E-state index in [0.717, 1.165) is 21.7 Å². The summed E-state index contributed by atoms with van der Waals surface area (Å²) in [4.78, 5) is 44.5. The SMILES string of the molecule is CC(C)N1CCN(c2cc(N3CCOCC3)cn3c(=O)c(OCc4ccccc4)c(-c4ncc(Cc5ccc(F)cc5)s4)nc23)C1=O. The van der Waals surface area contributed by atoms with Crippen LogP contribution in [-0.2, 0) is 17.8 Å². The maximum atomic E-state index is 14.5. The van der Waals surface area contributed by atoms with Crippen LogP contribution in [0.3, 0.4) is 0 Å². The van der Waals surface area contributed by atoms with Gasteiger partial charge in [0.05, 0.1) is 24.6 Å². The summed E-state index contributed by atoms with van der Waals surface area (Å²) in [6, 6.07) is 17.8. The molecule has 2 aliphatic heterocycles. The van der Waals surface area contributed by atoms with Gasteiger partial charge in [-0.05, 0) is 43.2 Å². The minimum Gasteiger partial charge on any atom is -0.481 e. The second kappa shape index (κ2) is 13.1. The van der Waals surface area contributed by atoms with Crippen LogP contribution in [0.15, 0.2) is 77.9 Å². The van der Waals surface area contributed by atoms with Crippen LogP contribution in [0.25, 0.3) is 16.3 Å². The number of carbonyl (C=O) groups is 1. The topological polar surface area (TPSA) is 92.5 Å². The molecule has 0 unspecified atom stereocenters. The summed E-state index contributed by atoms with van der Waals surface area (Å²) < 4.78 is 26.9. The van der Waals surface area contributed by atoms with Gasteiger partial charge in [0.25, 0.3) is 0 Å². The van der Waals surface area contributed by atoms with Gasteiger partial charge in [-0.3, -0.25) is 14.1 Å². The Morgan fingerprint density at radius 2 is 1.74 bits per heavy atom. The maximum Gasteiger partial charge on any atom is 0.324 e. The molecule has 0 N–H and O–H groups in total. The summed E-state index contributed by atoms with van der Waals surface area (Å²) in [5.41, 5.74) is 3.47. The lowest BCUT2D eigenvalue weighted by molar-refractivity contribution is 0.122. The number of thiazole rings is 1. The second-order valence-corrected chi connectivity index (χ2v) is 13.0. The third-order valence-corrected chi connectivity index (χ3v) is 9.46. The summed E-state index contributed by atoms with van der Waals surface area (Å²) in [5, 5.41) is 0.518. The molecule has 2 saturated heterocycles. The molecule has 2 aromatic carbocycles. The first-order valence-electron chi connectivity index (χ1n) is 15.7. The van der Waals surface area contributed by atoms with Crippen molar-refractivity contribution in [1.82, 2.24) is 19.3 Å². The molecule has 10 nitrogen and oxygen atoms in total. The van der Waals surface area contributed by atoms with E-state index in [4.69, 9.17) is 14.5 Å². The van der Waals surface area contributed by atoms with Crippen LogP contribution in [0.5, 0.6) is 5.75 Å². The quantitative estimate of drug-likeness (QED) is 0.204. The molecule has 0 bridgehead atoms. The molecule has 3 aromatic heterocycles. The Bertz CT molecular complexity index is 1960. The van der Waals surface area contributed by atoms with Crippen molar-refractivity contribution >= 4 is 34.4 Å². The highest BCUT2D eigenvalue weighted by Gasteiger charge is 2.34. The van der Waals surface area contributed by atoms with E-state index in [1.165, 1.54) is 27.9 Å². The van der Waals surface area contributed by atoms with Crippen molar-refractivity contribution in [2.24, 2.45) is 0 Å². The van der Waals surface area contributed by atoms with Crippen LogP contribution in [0.4, 0.5) is 20.6 Å². The first-order chi connectivity index (χ1) is 22.9. The van der Waals surface area contributed by atoms with Gasteiger partial charge in [-0.25, -0.2) is 19.2 Å². The van der Waals surface area contributed by atoms with Gasteiger partial charge in [0.15, 0.2) is 5.65 Å². The number of halogens is 1. The number of benzene rings is 2. The fourth-order valence-corrected chi connectivity index (χ4v) is 6.88. The number of fused-ring (bicyclic) bond motifs is 1. The molecule has 47 heavy (non-hydrogen) atoms. The average Bonchev–Trinajstić information content (AvgIpc) is 3.72. The highest BCUT2D eigenvalue weighted by Crippen LogP contribution is 2.35. The Morgan fingerprint density at radius 1 is 0.979 bits per heavy atom. The zero-order chi connectivity index (χ0) is 32.5. The van der Waals surface area contributed by atoms with E-state index in [0.29, 0.717) is 67.8 Å². The molecule has 7 rings (SSSR count). The Morgan fingerprint density at radius 3 is 2.47 bits per heavy atom. The Kier molecular flexibility index (Phi) is 8.61. The standard InChI is InChI=1S/C35H35FN6O4S/c1-23(2)40-12-13-41(35(40)44)29-19-27(39-14-16-45-17-15-39)21-42-32(29)38-30(31(34(42)43)46-22-25-6-4-3-5-7-25)33-37-20-28(47-33)18-24-8-10-26(36)11-9-24/h3-11,19-21,23H,12-18,22H2,1-2H3. The number of anilines is 2. The van der Waals surface area contributed by atoms with Gasteiger partial charge >= 0.3 is 11.6 Å². The number of morpholine rings is 1. The minimum absolute atomic E-state index is 0.0280. The van der Waals surface area contributed by atoms with E-state index < -0.39 is 0 Å². The summed E-state index contributed by atoms with van der Waals surface area (Å²) in [7, 11) is 0. The molecular weight excluding hydrogens is 619 g/mol. The van der Waals surface area contributed by atoms with E-state index in [2.05, 4.69) is 9.88 Å². The molecule has 5 aromatic rings. The Hall–Kier alpha value is -4.81. The number of hydrogen-bond acceptors (Lipinski definition) is 8. The van der Waals surface area contributed by atoms with Gasteiger partial charge in [-0.15, -0.1) is 11.3 Å². The zero-order valence-corrected chi connectivity index (χ0v) is 27.1. The number of urea groups is 1. The van der Waals surface area contributed by atoms with Crippen molar-refractivity contribution in [2.45, 2.75) is 32.9 Å². The predicted molar refractivity (Wildman–Crippen MR) is 180 cm³/mol. The van der Waals surface area contributed by atoms with Crippen molar-refractivity contribution in [3.8, 4) is 16.5 Å². The first-order valence-corrected chi connectivity index (χ1v) is 16.5. The van der Waals surface area contributed by atoms with Gasteiger partial charge in [0.1, 0.15) is 23.1 Å². The van der Waals surface area contributed by atoms with Gasteiger partial charge in [0, 0.05) is 55.9 Å². The summed E-state index contributed by atoms with van der Waals surface area (Å²) in [6.45, 7) is 7.64. The Labute approximate surface area is 275 Å². The highest BCUT2D eigenvalue weighted by atomic mass is 32.1. The van der Waals surface area contributed by atoms with Crippen molar-refractivity contribution < 1.29 is 18.7 Å². The van der Waals surface area contributed by atoms with E-state index in [1.807, 2.05) is 55.1 Å². The molecule has 0 atom stereocenters. The van der Waals surface area contributed by atoms with Crippen LogP contribution in [0, 0.1) is 5.82 Å². The normalized spacial score (nSPS) is 15.3. The predicted octanol–water partition coefficient (Wildman–Crippen LogP) is 5.61. The third kappa shape index (κ3) is 6.30. The monoisotopic (exact) mass is 654 g/mol. The number of nitrogens with zero attached hydrogens (tertiary/aromatic N) is 6. The fourth-order valence-electron chi connectivity index (χ4n) is 5.95. The molecular formula is C35H35FN6O4S. The van der Waals surface area contributed by atoms with Crippen molar-refractivity contribution in [1.29, 1.82) is 0 Å². The zero-order valence-electron chi connectivity index (χ0n) is 26.3. The van der Waals surface area contributed by atoms with Crippen LogP contribution >= 0.6 is 11.3 Å². The second-order valence-electron chi connectivity index (χ2n) is 11.9. The average molecular weight is 655 g/mol. The molecule has 5 heterocycles. The minimum atomic E-state index is -0.389. The molecule has 2 amide bonds. The number of aromatic nitrogens is 3. The fraction of sp³-hybridized carbons (Fsp3) is 0.314. The molecule has 2 fully saturated rings. The number of amides is 2. The van der Waals surface area contributed by atoms with Gasteiger partial charge < -0.3 is 19.3 Å². The number of carbonyl (C=O) groups excluding carboxylic acids is 1. The van der Waals surface area contributed by atoms with Crippen molar-refractivity contribution in [3.05, 3.63) is 105 Å². The third-order valence-electron chi connectivity index (χ3n) is 8.45. The van der Waals surface area contributed by atoms with Crippen molar-refractivity contribution in [3.63, 3.8) is 0 Å². The molecule has 12 heteroatoms. The lowest BCUT2D eigenvalue weighted by atomic mass is 10.1. The van der Waals surface area contributed by atoms with E-state index in [1.54, 1.807) is 29.4 Å². The largest absolute Gasteiger partial charge is 0.481 e. The molecule has 0 aliphatic carbocycles. The summed E-state index contributed by atoms with van der Waals surface area (Å²) >= 11 is 1.40. The lowest BCUT2D eigenvalue weighted by Gasteiger charge is -2.30. The van der Waals surface area contributed by atoms with E-state index in [9.17, 15) is 14.0 Å². The van der Waals surface area contributed by atoms with E-state index >= 15 is 0 Å². The van der Waals surface area contributed by atoms with Crippen molar-refractivity contribution in [2.75, 3.05) is 49.2 Å². The van der Waals surface area contributed by atoms with Crippen LogP contribution < -0.4 is 20.1 Å². The summed E-state index contributed by atoms with van der Waals surface area (Å²) in [6.07, 6.45) is 4.08. The Balaban J connectivity index is 1.38. The molecule has 2 aliphatic rings. The number of rotatable bonds is 9. The molecule has 0 saturated carbocycles. The number of hydrogen-bond donors (Lipinski definition) is 0. The smallest absolute Gasteiger partial charge is 0.324 e. The molecule has 0 radical (unpaired) electrons. The maximum absolute atomic E-state index is 14.5. The van der Waals surface area contributed by atoms with E-state index in [-0.39, 0.29) is 35.8 Å². The number of ether oxygens (including phenoxy) is 2. The first kappa shape index (κ1) is 30.8. The van der Waals surface area contributed by atoms with Crippen LogP contribution in [-0.4, -0.2) is 70.7 Å². The van der Waals surface area contributed by atoms with Crippen LogP contribution in [0.1, 0.15) is 29.9 Å². The number of pyridine rings is 1. The van der Waals surface area contributed by atoms with Gasteiger partial charge in [-0.2, -0.15) is 0 Å². The molecule has 0 spiro atoms. The lowest BCUT2D eigenvalue weighted by Crippen LogP contribution is -2.38. The highest BCUT2D eigenvalue weighted by molar-refractivity contribution is 7.15. The van der Waals surface area contributed by atoms with Gasteiger partial charge in [0.2, 0.25) is 5.75 Å². The van der Waals surface area contributed by atoms with Gasteiger partial charge in [-0.1, -0.05) is 42.5 Å². The summed E-state index contributed by atoms with van der Waals surface area (Å²) in [5.74, 6) is -0.212.